The van der Waals surface area contributed by atoms with E-state index in [2.05, 4.69) is 5.43 Å². The van der Waals surface area contributed by atoms with Crippen molar-refractivity contribution in [1.29, 1.82) is 0 Å². The van der Waals surface area contributed by atoms with Crippen molar-refractivity contribution in [3.8, 4) is 11.5 Å². The van der Waals surface area contributed by atoms with Gasteiger partial charge in [-0.15, -0.1) is 0 Å². The van der Waals surface area contributed by atoms with E-state index in [4.69, 9.17) is 21.1 Å². The summed E-state index contributed by atoms with van der Waals surface area (Å²) in [7, 11) is 1.51. The van der Waals surface area contributed by atoms with Gasteiger partial charge in [0.15, 0.2) is 11.5 Å². The fourth-order valence-electron chi connectivity index (χ4n) is 3.31. The fourth-order valence-corrected chi connectivity index (χ4v) is 3.53. The van der Waals surface area contributed by atoms with Gasteiger partial charge < -0.3 is 9.47 Å². The molecule has 0 atom stereocenters. The van der Waals surface area contributed by atoms with E-state index in [1.807, 2.05) is 37.3 Å². The Morgan fingerprint density at radius 3 is 2.44 bits per heavy atom. The number of nitrogens with zero attached hydrogens (tertiary/aromatic N) is 1. The summed E-state index contributed by atoms with van der Waals surface area (Å²) in [6.45, 7) is 2.30. The Balaban J connectivity index is 1.68. The van der Waals surface area contributed by atoms with Crippen molar-refractivity contribution in [3.05, 3.63) is 94.0 Å². The zero-order valence-corrected chi connectivity index (χ0v) is 18.3. The largest absolute Gasteiger partial charge is 0.493 e. The highest BCUT2D eigenvalue weighted by Gasteiger charge is 2.34. The number of nitrogens with one attached hydrogen (secondary N) is 1. The molecule has 0 aromatic heterocycles. The van der Waals surface area contributed by atoms with E-state index < -0.39 is 11.8 Å². The molecule has 0 bridgehead atoms. The van der Waals surface area contributed by atoms with Crippen molar-refractivity contribution in [2.75, 3.05) is 12.1 Å². The Bertz CT molecular complexity index is 1190. The molecule has 0 spiro atoms. The minimum atomic E-state index is -0.512. The van der Waals surface area contributed by atoms with E-state index in [9.17, 15) is 9.59 Å². The van der Waals surface area contributed by atoms with Gasteiger partial charge in [0, 0.05) is 16.7 Å². The highest BCUT2D eigenvalue weighted by atomic mass is 35.5. The molecule has 6 nitrogen and oxygen atoms in total. The van der Waals surface area contributed by atoms with Gasteiger partial charge in [-0.25, -0.2) is 5.01 Å². The van der Waals surface area contributed by atoms with Crippen LogP contribution in [0.3, 0.4) is 0 Å². The number of ether oxygens (including phenoxy) is 2. The smallest absolute Gasteiger partial charge is 0.282 e. The predicted molar refractivity (Wildman–Crippen MR) is 124 cm³/mol. The maximum Gasteiger partial charge on any atom is 0.282 e. The maximum absolute atomic E-state index is 13.0. The standard InChI is InChI=1S/C25H21ClN2O4/c1-16-8-10-17(11-9-16)15-32-23-18(12-19(26)14-22(23)31-2)13-21-24(29)27-28(25(21)30)20-6-4-3-5-7-20/h3-14H,15H2,1-2H3,(H,27,29). The zero-order valence-electron chi connectivity index (χ0n) is 17.6. The summed E-state index contributed by atoms with van der Waals surface area (Å²) < 4.78 is 11.5. The molecule has 7 heteroatoms. The van der Waals surface area contributed by atoms with Crippen LogP contribution in [0.15, 0.2) is 72.3 Å². The Hall–Kier alpha value is -3.77. The molecule has 2 amide bonds. The normalized spacial score (nSPS) is 14.6. The van der Waals surface area contributed by atoms with Crippen LogP contribution in [-0.2, 0) is 16.2 Å². The van der Waals surface area contributed by atoms with Crippen LogP contribution in [0.5, 0.6) is 11.5 Å². The lowest BCUT2D eigenvalue weighted by atomic mass is 10.1. The van der Waals surface area contributed by atoms with Gasteiger partial charge in [-0.3, -0.25) is 15.0 Å². The van der Waals surface area contributed by atoms with E-state index in [1.54, 1.807) is 36.4 Å². The number of para-hydroxylation sites is 1. The number of hydrogen-bond acceptors (Lipinski definition) is 4. The van der Waals surface area contributed by atoms with Gasteiger partial charge >= 0.3 is 0 Å². The van der Waals surface area contributed by atoms with E-state index in [-0.39, 0.29) is 12.2 Å². The number of carbonyl (C=O) groups is 2. The summed E-state index contributed by atoms with van der Waals surface area (Å²) in [6.07, 6.45) is 1.47. The fraction of sp³-hybridized carbons (Fsp3) is 0.120. The van der Waals surface area contributed by atoms with E-state index in [1.165, 1.54) is 18.2 Å². The minimum absolute atomic E-state index is 0.0293. The molecule has 32 heavy (non-hydrogen) atoms. The summed E-state index contributed by atoms with van der Waals surface area (Å²) in [4.78, 5) is 25.5. The first-order valence-electron chi connectivity index (χ1n) is 9.94. The molecule has 1 N–H and O–H groups in total. The van der Waals surface area contributed by atoms with Crippen molar-refractivity contribution >= 4 is 35.2 Å². The van der Waals surface area contributed by atoms with Crippen molar-refractivity contribution in [1.82, 2.24) is 5.43 Å². The van der Waals surface area contributed by atoms with Gasteiger partial charge in [-0.2, -0.15) is 0 Å². The average Bonchev–Trinajstić information content (AvgIpc) is 3.08. The number of hydrazine groups is 1. The first kappa shape index (κ1) is 21.5. The van der Waals surface area contributed by atoms with Crippen LogP contribution in [0.2, 0.25) is 5.02 Å². The maximum atomic E-state index is 13.0. The second kappa shape index (κ2) is 9.16. The molecule has 3 aromatic carbocycles. The van der Waals surface area contributed by atoms with Crippen molar-refractivity contribution in [3.63, 3.8) is 0 Å². The third-order valence-electron chi connectivity index (χ3n) is 4.98. The van der Waals surface area contributed by atoms with Gasteiger partial charge in [0.1, 0.15) is 12.2 Å². The highest BCUT2D eigenvalue weighted by Crippen LogP contribution is 2.37. The third-order valence-corrected chi connectivity index (χ3v) is 5.20. The summed E-state index contributed by atoms with van der Waals surface area (Å²) in [5, 5.41) is 1.60. The van der Waals surface area contributed by atoms with Crippen LogP contribution < -0.4 is 19.9 Å². The number of halogens is 1. The van der Waals surface area contributed by atoms with Crippen LogP contribution in [0, 0.1) is 6.92 Å². The van der Waals surface area contributed by atoms with E-state index in [0.717, 1.165) is 11.1 Å². The number of hydrogen-bond donors (Lipinski definition) is 1. The number of anilines is 1. The summed E-state index contributed by atoms with van der Waals surface area (Å²) in [5.74, 6) is -0.183. The average molecular weight is 449 g/mol. The minimum Gasteiger partial charge on any atom is -0.493 e. The Morgan fingerprint density at radius 2 is 1.75 bits per heavy atom. The van der Waals surface area contributed by atoms with Crippen molar-refractivity contribution < 1.29 is 19.1 Å². The number of benzene rings is 3. The van der Waals surface area contributed by atoms with Crippen LogP contribution in [0.4, 0.5) is 5.69 Å². The first-order valence-corrected chi connectivity index (χ1v) is 10.3. The molecule has 162 valence electrons. The lowest BCUT2D eigenvalue weighted by Crippen LogP contribution is -2.35. The monoisotopic (exact) mass is 448 g/mol. The molecule has 0 radical (unpaired) electrons. The second-order valence-corrected chi connectivity index (χ2v) is 7.71. The van der Waals surface area contributed by atoms with Gasteiger partial charge in [-0.1, -0.05) is 59.6 Å². The number of carbonyl (C=O) groups excluding carboxylic acids is 2. The first-order chi connectivity index (χ1) is 15.5. The Kier molecular flexibility index (Phi) is 6.14. The number of amides is 2. The summed E-state index contributed by atoms with van der Waals surface area (Å²) >= 11 is 6.26. The lowest BCUT2D eigenvalue weighted by molar-refractivity contribution is -0.117. The zero-order chi connectivity index (χ0) is 22.7. The Morgan fingerprint density at radius 1 is 1.03 bits per heavy atom. The molecular formula is C25H21ClN2O4. The van der Waals surface area contributed by atoms with E-state index >= 15 is 0 Å². The molecule has 1 saturated heterocycles. The molecule has 1 aliphatic heterocycles. The van der Waals surface area contributed by atoms with Gasteiger partial charge in [0.25, 0.3) is 11.8 Å². The number of aryl methyl sites for hydroxylation is 1. The molecular weight excluding hydrogens is 428 g/mol. The molecule has 0 unspecified atom stereocenters. The highest BCUT2D eigenvalue weighted by molar-refractivity contribution is 6.32. The van der Waals surface area contributed by atoms with E-state index in [0.29, 0.717) is 27.8 Å². The summed E-state index contributed by atoms with van der Waals surface area (Å²) in [5.41, 5.74) is 5.71. The number of methoxy groups -OCH3 is 1. The van der Waals surface area contributed by atoms with Crippen LogP contribution in [-0.4, -0.2) is 18.9 Å². The van der Waals surface area contributed by atoms with Crippen LogP contribution in [0.25, 0.3) is 6.08 Å². The molecule has 0 saturated carbocycles. The molecule has 1 heterocycles. The topological polar surface area (TPSA) is 67.9 Å². The predicted octanol–water partition coefficient (Wildman–Crippen LogP) is 4.70. The molecule has 4 rings (SSSR count). The third kappa shape index (κ3) is 4.45. The SMILES string of the molecule is COc1cc(Cl)cc(C=C2C(=O)NN(c3ccccc3)C2=O)c1OCc1ccc(C)cc1. The molecule has 1 aliphatic rings. The van der Waals surface area contributed by atoms with Gasteiger partial charge in [0.05, 0.1) is 12.8 Å². The second-order valence-electron chi connectivity index (χ2n) is 7.28. The lowest BCUT2D eigenvalue weighted by Gasteiger charge is -2.15. The number of rotatable bonds is 6. The quantitative estimate of drug-likeness (QED) is 0.438. The Labute approximate surface area is 191 Å². The molecule has 1 fully saturated rings. The van der Waals surface area contributed by atoms with Crippen LogP contribution >= 0.6 is 11.6 Å². The van der Waals surface area contributed by atoms with Gasteiger partial charge in [0.2, 0.25) is 0 Å². The molecule has 3 aromatic rings. The van der Waals surface area contributed by atoms with Crippen molar-refractivity contribution in [2.24, 2.45) is 0 Å². The summed E-state index contributed by atoms with van der Waals surface area (Å²) in [6, 6.07) is 20.1. The van der Waals surface area contributed by atoms with Gasteiger partial charge in [-0.05, 0) is 36.8 Å². The molecule has 0 aliphatic carbocycles. The van der Waals surface area contributed by atoms with Crippen LogP contribution in [0.1, 0.15) is 16.7 Å². The van der Waals surface area contributed by atoms with Crippen molar-refractivity contribution in [2.45, 2.75) is 13.5 Å².